The van der Waals surface area contributed by atoms with E-state index in [1.165, 1.54) is 6.07 Å². The number of benzene rings is 1. The highest BCUT2D eigenvalue weighted by Gasteiger charge is 2.33. The molecular formula is C16H15BrClF3N2. The van der Waals surface area contributed by atoms with Crippen LogP contribution < -0.4 is 5.32 Å². The van der Waals surface area contributed by atoms with E-state index in [1.807, 2.05) is 0 Å². The van der Waals surface area contributed by atoms with Gasteiger partial charge in [-0.25, -0.2) is 4.98 Å². The molecule has 0 unspecified atom stereocenters. The molecular weight excluding hydrogens is 393 g/mol. The second-order valence-electron chi connectivity index (χ2n) is 5.81. The Balaban J connectivity index is 2.00. The molecule has 0 saturated heterocycles. The van der Waals surface area contributed by atoms with Gasteiger partial charge in [0, 0.05) is 27.0 Å². The van der Waals surface area contributed by atoms with Crippen molar-refractivity contribution >= 4 is 44.1 Å². The molecule has 1 aromatic heterocycles. The number of nitrogens with zero attached hydrogens (tertiary/aromatic N) is 1. The molecule has 2 aromatic rings. The highest BCUT2D eigenvalue weighted by molar-refractivity contribution is 9.09. The Morgan fingerprint density at radius 3 is 2.48 bits per heavy atom. The number of alkyl halides is 4. The first-order chi connectivity index (χ1) is 10.8. The number of aromatic nitrogens is 1. The Labute approximate surface area is 145 Å². The number of anilines is 1. The Kier molecular flexibility index (Phi) is 4.74. The monoisotopic (exact) mass is 406 g/mol. The van der Waals surface area contributed by atoms with Crippen molar-refractivity contribution in [2.24, 2.45) is 0 Å². The van der Waals surface area contributed by atoms with E-state index in [1.54, 1.807) is 12.1 Å². The molecule has 1 aromatic carbocycles. The lowest BCUT2D eigenvalue weighted by Gasteiger charge is -2.27. The van der Waals surface area contributed by atoms with Crippen LogP contribution in [0.5, 0.6) is 0 Å². The third-order valence-electron chi connectivity index (χ3n) is 4.08. The van der Waals surface area contributed by atoms with E-state index >= 15 is 0 Å². The van der Waals surface area contributed by atoms with Crippen LogP contribution >= 0.6 is 27.5 Å². The van der Waals surface area contributed by atoms with Crippen LogP contribution in [0.4, 0.5) is 18.9 Å². The molecule has 0 amide bonds. The van der Waals surface area contributed by atoms with Crippen molar-refractivity contribution in [1.29, 1.82) is 0 Å². The molecule has 2 nitrogen and oxygen atoms in total. The molecule has 1 N–H and O–H groups in total. The summed E-state index contributed by atoms with van der Waals surface area (Å²) in [6.45, 7) is 0. The summed E-state index contributed by atoms with van der Waals surface area (Å²) in [7, 11) is 0. The predicted molar refractivity (Wildman–Crippen MR) is 90.3 cm³/mol. The highest BCUT2D eigenvalue weighted by Crippen LogP contribution is 2.35. The minimum atomic E-state index is -4.47. The summed E-state index contributed by atoms with van der Waals surface area (Å²) >= 11 is 9.58. The number of pyridine rings is 1. The van der Waals surface area contributed by atoms with Gasteiger partial charge in [0.2, 0.25) is 0 Å². The Bertz CT molecular complexity index is 712. The average Bonchev–Trinajstić information content (AvgIpc) is 2.49. The lowest BCUT2D eigenvalue weighted by atomic mass is 9.95. The van der Waals surface area contributed by atoms with Crippen LogP contribution in [0.15, 0.2) is 24.3 Å². The maximum absolute atomic E-state index is 13.1. The maximum atomic E-state index is 13.1. The van der Waals surface area contributed by atoms with E-state index in [-0.39, 0.29) is 6.04 Å². The molecule has 0 aliphatic heterocycles. The normalized spacial score (nSPS) is 22.3. The minimum Gasteiger partial charge on any atom is -0.382 e. The first-order valence-electron chi connectivity index (χ1n) is 7.41. The van der Waals surface area contributed by atoms with Crippen molar-refractivity contribution < 1.29 is 13.2 Å². The Hall–Kier alpha value is -1.01. The minimum absolute atomic E-state index is 0.162. The van der Waals surface area contributed by atoms with Gasteiger partial charge in [-0.2, -0.15) is 13.2 Å². The van der Waals surface area contributed by atoms with Gasteiger partial charge in [-0.3, -0.25) is 0 Å². The van der Waals surface area contributed by atoms with Gasteiger partial charge < -0.3 is 5.32 Å². The summed E-state index contributed by atoms with van der Waals surface area (Å²) in [5.41, 5.74) is -0.146. The smallest absolute Gasteiger partial charge is 0.382 e. The third-order valence-corrected chi connectivity index (χ3v) is 5.23. The number of rotatable bonds is 2. The molecule has 0 atom stereocenters. The number of halogens is 5. The third kappa shape index (κ3) is 3.91. The maximum Gasteiger partial charge on any atom is 0.433 e. The van der Waals surface area contributed by atoms with E-state index in [0.717, 1.165) is 31.7 Å². The summed E-state index contributed by atoms with van der Waals surface area (Å²) in [4.78, 5) is 4.22. The SMILES string of the molecule is FC(F)(F)c1cc(NC2CCC(Br)CC2)c2cc(Cl)ccc2n1. The van der Waals surface area contributed by atoms with Gasteiger partial charge >= 0.3 is 6.18 Å². The summed E-state index contributed by atoms with van der Waals surface area (Å²) in [6.07, 6.45) is -0.623. The van der Waals surface area contributed by atoms with Crippen LogP contribution in [0.1, 0.15) is 31.4 Å². The Morgan fingerprint density at radius 1 is 1.13 bits per heavy atom. The van der Waals surface area contributed by atoms with Gasteiger partial charge in [-0.05, 0) is 49.9 Å². The molecule has 1 aliphatic carbocycles. The summed E-state index contributed by atoms with van der Waals surface area (Å²) in [6, 6.07) is 5.97. The quantitative estimate of drug-likeness (QED) is 0.615. The van der Waals surface area contributed by atoms with E-state index in [0.29, 0.717) is 26.4 Å². The predicted octanol–water partition coefficient (Wildman–Crippen LogP) is 6.03. The highest BCUT2D eigenvalue weighted by atomic mass is 79.9. The average molecular weight is 408 g/mol. The second kappa shape index (κ2) is 6.48. The molecule has 0 radical (unpaired) electrons. The van der Waals surface area contributed by atoms with Crippen LogP contribution in [-0.4, -0.2) is 15.9 Å². The summed E-state index contributed by atoms with van der Waals surface area (Å²) in [5.74, 6) is 0. The van der Waals surface area contributed by atoms with Crippen LogP contribution in [0, 0.1) is 0 Å². The molecule has 7 heteroatoms. The van der Waals surface area contributed by atoms with Crippen molar-refractivity contribution in [3.05, 3.63) is 35.0 Å². The number of nitrogens with one attached hydrogen (secondary N) is 1. The van der Waals surface area contributed by atoms with Gasteiger partial charge in [0.05, 0.1) is 5.52 Å². The largest absolute Gasteiger partial charge is 0.433 e. The van der Waals surface area contributed by atoms with Crippen molar-refractivity contribution in [3.63, 3.8) is 0 Å². The molecule has 1 saturated carbocycles. The first kappa shape index (κ1) is 16.8. The molecule has 23 heavy (non-hydrogen) atoms. The molecule has 3 rings (SSSR count). The topological polar surface area (TPSA) is 24.9 Å². The lowest BCUT2D eigenvalue weighted by Crippen LogP contribution is -2.26. The first-order valence-corrected chi connectivity index (χ1v) is 8.70. The van der Waals surface area contributed by atoms with Crippen LogP contribution in [0.2, 0.25) is 5.02 Å². The van der Waals surface area contributed by atoms with Crippen LogP contribution in [0.25, 0.3) is 10.9 Å². The molecule has 0 spiro atoms. The van der Waals surface area contributed by atoms with E-state index < -0.39 is 11.9 Å². The zero-order chi connectivity index (χ0) is 16.6. The lowest BCUT2D eigenvalue weighted by molar-refractivity contribution is -0.140. The van der Waals surface area contributed by atoms with Gasteiger partial charge in [-0.15, -0.1) is 0 Å². The summed E-state index contributed by atoms with van der Waals surface area (Å²) < 4.78 is 39.2. The number of fused-ring (bicyclic) bond motifs is 1. The van der Waals surface area contributed by atoms with Crippen LogP contribution in [-0.2, 0) is 6.18 Å². The van der Waals surface area contributed by atoms with Gasteiger partial charge in [0.15, 0.2) is 0 Å². The number of hydrogen-bond acceptors (Lipinski definition) is 2. The van der Waals surface area contributed by atoms with Crippen LogP contribution in [0.3, 0.4) is 0 Å². The number of hydrogen-bond donors (Lipinski definition) is 1. The zero-order valence-corrected chi connectivity index (χ0v) is 14.5. The van der Waals surface area contributed by atoms with Crippen molar-refractivity contribution in [2.75, 3.05) is 5.32 Å². The van der Waals surface area contributed by atoms with E-state index in [4.69, 9.17) is 11.6 Å². The van der Waals surface area contributed by atoms with E-state index in [2.05, 4.69) is 26.2 Å². The molecule has 0 bridgehead atoms. The summed E-state index contributed by atoms with van der Waals surface area (Å²) in [5, 5.41) is 4.36. The van der Waals surface area contributed by atoms with Gasteiger partial charge in [-0.1, -0.05) is 27.5 Å². The fourth-order valence-electron chi connectivity index (χ4n) is 2.88. The Morgan fingerprint density at radius 2 is 1.83 bits per heavy atom. The fraction of sp³-hybridized carbons (Fsp3) is 0.438. The fourth-order valence-corrected chi connectivity index (χ4v) is 3.58. The standard InChI is InChI=1S/C16H15BrClF3N2/c17-9-1-4-11(5-2-9)22-14-8-15(16(19,20)21)23-13-6-3-10(18)7-12(13)14/h3,6-9,11H,1-2,4-5H2,(H,22,23). The van der Waals surface area contributed by atoms with Gasteiger partial charge in [0.25, 0.3) is 0 Å². The molecule has 1 heterocycles. The van der Waals surface area contributed by atoms with Crippen molar-refractivity contribution in [1.82, 2.24) is 4.98 Å². The van der Waals surface area contributed by atoms with E-state index in [9.17, 15) is 13.2 Å². The molecule has 1 fully saturated rings. The zero-order valence-electron chi connectivity index (χ0n) is 12.1. The van der Waals surface area contributed by atoms with Gasteiger partial charge in [0.1, 0.15) is 5.69 Å². The molecule has 1 aliphatic rings. The molecule has 124 valence electrons. The van der Waals surface area contributed by atoms with Crippen molar-refractivity contribution in [2.45, 2.75) is 42.7 Å². The second-order valence-corrected chi connectivity index (χ2v) is 7.54. The van der Waals surface area contributed by atoms with Crippen molar-refractivity contribution in [3.8, 4) is 0 Å².